The van der Waals surface area contributed by atoms with Crippen LogP contribution in [-0.2, 0) is 12.4 Å². The number of benzene rings is 8. The van der Waals surface area contributed by atoms with E-state index in [1.807, 2.05) is 157 Å². The molecule has 8 aromatic carbocycles. The van der Waals surface area contributed by atoms with Gasteiger partial charge in [0.1, 0.15) is 0 Å². The second-order valence-electron chi connectivity index (χ2n) is 20.0. The van der Waals surface area contributed by atoms with Gasteiger partial charge in [-0.15, -0.1) is 0 Å². The Bertz CT molecular complexity index is 4210. The van der Waals surface area contributed by atoms with Crippen molar-refractivity contribution in [1.29, 1.82) is 5.26 Å². The fraction of sp³-hybridized carbons (Fsp3) is 0.119. The Labute approximate surface area is 434 Å². The third kappa shape index (κ3) is 8.16. The summed E-state index contributed by atoms with van der Waals surface area (Å²) in [6.45, 7) is 8.17. The number of nitriles is 1. The van der Waals surface area contributed by atoms with E-state index in [-0.39, 0.29) is 40.0 Å². The maximum atomic E-state index is 15.3. The number of aryl methyl sites for hydroxylation is 2. The van der Waals surface area contributed by atoms with Crippen LogP contribution in [0.1, 0.15) is 48.1 Å². The maximum absolute atomic E-state index is 15.3. The van der Waals surface area contributed by atoms with Crippen LogP contribution in [0.3, 0.4) is 0 Å². The molecule has 372 valence electrons. The Balaban J connectivity index is 1.31. The van der Waals surface area contributed by atoms with Crippen molar-refractivity contribution in [3.63, 3.8) is 0 Å². The van der Waals surface area contributed by atoms with Gasteiger partial charge in [-0.2, -0.15) is 31.6 Å². The molecule has 2 aliphatic rings. The van der Waals surface area contributed by atoms with E-state index >= 15 is 26.3 Å². The summed E-state index contributed by atoms with van der Waals surface area (Å²) in [5.41, 5.74) is 8.82. The monoisotopic (exact) mass is 1010 g/mol. The second-order valence-corrected chi connectivity index (χ2v) is 20.0. The van der Waals surface area contributed by atoms with Crippen LogP contribution in [0.15, 0.2) is 200 Å². The highest BCUT2D eigenvalue weighted by atomic mass is 19.4. The van der Waals surface area contributed by atoms with E-state index in [1.54, 1.807) is 12.1 Å². The van der Waals surface area contributed by atoms with Crippen molar-refractivity contribution >= 4 is 54.8 Å². The van der Waals surface area contributed by atoms with Gasteiger partial charge in [-0.1, -0.05) is 147 Å². The fourth-order valence-electron chi connectivity index (χ4n) is 11.5. The van der Waals surface area contributed by atoms with Gasteiger partial charge in [-0.25, -0.2) is 0 Å². The number of halogens is 6. The van der Waals surface area contributed by atoms with Gasteiger partial charge < -0.3 is 9.13 Å². The Morgan fingerprint density at radius 1 is 0.526 bits per heavy atom. The van der Waals surface area contributed by atoms with Crippen molar-refractivity contribution in [2.45, 2.75) is 46.5 Å². The molecule has 0 amide bonds. The Hall–Kier alpha value is -8.87. The zero-order valence-corrected chi connectivity index (χ0v) is 41.9. The number of allylic oxidation sites excluding steroid dienone is 8. The van der Waals surface area contributed by atoms with Gasteiger partial charge in [0, 0.05) is 27.1 Å². The molecule has 76 heavy (non-hydrogen) atoms. The molecule has 3 nitrogen and oxygen atoms in total. The lowest BCUT2D eigenvalue weighted by molar-refractivity contribution is -0.143. The molecule has 1 atom stereocenters. The standard InChI is InChI=1S/C67H47F6N3/c1-39-13-5-9-17-51(39)44-21-25-55-56-26-22-45(52-18-10-6-14-40(52)2)34-60(56)75(59(55)33-44)63-29-43(38-74)30-64(65(63)48-31-49(66(68,69)70)37-50(32-48)67(71,72)73)76-61-35-46(53-19-11-7-15-41(53)3)23-27-57(61)58-28-24-47(36-62(58)76)54-20-12-8-16-42(54)4/h5-19,21-37,41H,20H2,1-4H3. The van der Waals surface area contributed by atoms with Crippen LogP contribution in [0.5, 0.6) is 0 Å². The lowest BCUT2D eigenvalue weighted by atomic mass is 9.93. The molecule has 2 aliphatic carbocycles. The van der Waals surface area contributed by atoms with Gasteiger partial charge in [0.2, 0.25) is 0 Å². The molecule has 0 N–H and O–H groups in total. The molecule has 9 heteroatoms. The summed E-state index contributed by atoms with van der Waals surface area (Å²) in [4.78, 5) is 0. The first kappa shape index (κ1) is 48.1. The van der Waals surface area contributed by atoms with Crippen molar-refractivity contribution in [3.8, 4) is 50.8 Å². The molecule has 10 aromatic rings. The minimum atomic E-state index is -5.16. The van der Waals surface area contributed by atoms with E-state index in [0.717, 1.165) is 94.2 Å². The highest BCUT2D eigenvalue weighted by Gasteiger charge is 2.38. The van der Waals surface area contributed by atoms with Crippen molar-refractivity contribution < 1.29 is 26.3 Å². The SMILES string of the molecule is CC1=CC=CCC1=c1ccc2c3ccc(=C4C=CC=CC4C)cc3n(-c3cc(C#N)cc(-n4c5cc(-c6ccccc6C)ccc5c5ccc(-c6ccccc6C)cc54)c3-c3cc(C(F)(F)F)cc(C(F)(F)F)c3)c2c1. The van der Waals surface area contributed by atoms with Gasteiger partial charge in [-0.3, -0.25) is 0 Å². The number of hydrogen-bond acceptors (Lipinski definition) is 1. The smallest absolute Gasteiger partial charge is 0.308 e. The number of alkyl halides is 6. The highest BCUT2D eigenvalue weighted by molar-refractivity contribution is 6.13. The second kappa shape index (κ2) is 18.2. The van der Waals surface area contributed by atoms with Crippen LogP contribution in [0.25, 0.3) is 99.5 Å². The zero-order chi connectivity index (χ0) is 52.8. The molecule has 0 aliphatic heterocycles. The van der Waals surface area contributed by atoms with E-state index in [4.69, 9.17) is 0 Å². The van der Waals surface area contributed by atoms with Crippen molar-refractivity contribution in [1.82, 2.24) is 9.13 Å². The van der Waals surface area contributed by atoms with Crippen LogP contribution in [0.4, 0.5) is 26.3 Å². The van der Waals surface area contributed by atoms with Crippen molar-refractivity contribution in [2.75, 3.05) is 0 Å². The van der Waals surface area contributed by atoms with Gasteiger partial charge in [0.15, 0.2) is 0 Å². The number of aromatic nitrogens is 2. The van der Waals surface area contributed by atoms with Crippen LogP contribution >= 0.6 is 0 Å². The van der Waals surface area contributed by atoms with E-state index in [9.17, 15) is 5.26 Å². The van der Waals surface area contributed by atoms with E-state index < -0.39 is 23.5 Å². The molecule has 0 spiro atoms. The summed E-state index contributed by atoms with van der Waals surface area (Å²) in [5, 5.41) is 16.3. The Morgan fingerprint density at radius 3 is 1.53 bits per heavy atom. The summed E-state index contributed by atoms with van der Waals surface area (Å²) < 4.78 is 95.6. The van der Waals surface area contributed by atoms with Gasteiger partial charge in [-0.05, 0) is 154 Å². The number of hydrogen-bond donors (Lipinski definition) is 0. The summed E-state index contributed by atoms with van der Waals surface area (Å²) in [6, 6.07) is 47.7. The van der Waals surface area contributed by atoms with Gasteiger partial charge >= 0.3 is 12.4 Å². The topological polar surface area (TPSA) is 33.6 Å². The minimum Gasteiger partial charge on any atom is -0.308 e. The Kier molecular flexibility index (Phi) is 11.5. The molecular formula is C67H47F6N3. The quantitative estimate of drug-likeness (QED) is 0.158. The normalized spacial score (nSPS) is 16.3. The average Bonchev–Trinajstić information content (AvgIpc) is 4.11. The Morgan fingerprint density at radius 2 is 1.03 bits per heavy atom. The molecule has 0 fully saturated rings. The predicted molar refractivity (Wildman–Crippen MR) is 297 cm³/mol. The largest absolute Gasteiger partial charge is 0.416 e. The first-order chi connectivity index (χ1) is 36.5. The number of nitrogens with zero attached hydrogens (tertiary/aromatic N) is 3. The molecule has 2 aromatic heterocycles. The van der Waals surface area contributed by atoms with Crippen molar-refractivity contribution in [2.24, 2.45) is 5.92 Å². The molecule has 0 bridgehead atoms. The molecular weight excluding hydrogens is 961 g/mol. The van der Waals surface area contributed by atoms with Crippen LogP contribution < -0.4 is 10.4 Å². The van der Waals surface area contributed by atoms with Gasteiger partial charge in [0.05, 0.1) is 56.2 Å². The summed E-state index contributed by atoms with van der Waals surface area (Å²) >= 11 is 0. The maximum Gasteiger partial charge on any atom is 0.416 e. The molecule has 1 unspecified atom stereocenters. The highest BCUT2D eigenvalue weighted by Crippen LogP contribution is 2.47. The first-order valence-corrected chi connectivity index (χ1v) is 25.1. The van der Waals surface area contributed by atoms with E-state index in [1.165, 1.54) is 0 Å². The number of fused-ring (bicyclic) bond motifs is 6. The minimum absolute atomic E-state index is 0.0387. The molecule has 0 saturated heterocycles. The molecule has 2 heterocycles. The molecule has 12 rings (SSSR count). The lowest BCUT2D eigenvalue weighted by Gasteiger charge is -2.23. The van der Waals surface area contributed by atoms with Crippen LogP contribution in [-0.4, -0.2) is 9.13 Å². The molecule has 0 saturated carbocycles. The zero-order valence-electron chi connectivity index (χ0n) is 41.9. The van der Waals surface area contributed by atoms with Gasteiger partial charge in [0.25, 0.3) is 0 Å². The predicted octanol–water partition coefficient (Wildman–Crippen LogP) is 17.4. The summed E-state index contributed by atoms with van der Waals surface area (Å²) in [6.07, 6.45) is 4.58. The number of rotatable bonds is 5. The first-order valence-electron chi connectivity index (χ1n) is 25.1. The van der Waals surface area contributed by atoms with Crippen LogP contribution in [0, 0.1) is 31.1 Å². The average molecular weight is 1010 g/mol. The third-order valence-electron chi connectivity index (χ3n) is 15.3. The summed E-state index contributed by atoms with van der Waals surface area (Å²) in [7, 11) is 0. The summed E-state index contributed by atoms with van der Waals surface area (Å²) in [5.74, 6) is 0.0387. The lowest BCUT2D eigenvalue weighted by Crippen LogP contribution is -2.13. The van der Waals surface area contributed by atoms with Crippen molar-refractivity contribution in [3.05, 3.63) is 238 Å². The van der Waals surface area contributed by atoms with E-state index in [0.29, 0.717) is 28.5 Å². The fourth-order valence-corrected chi connectivity index (χ4v) is 11.5. The molecule has 0 radical (unpaired) electrons. The van der Waals surface area contributed by atoms with Crippen LogP contribution in [0.2, 0.25) is 0 Å². The third-order valence-corrected chi connectivity index (χ3v) is 15.3. The van der Waals surface area contributed by atoms with E-state index in [2.05, 4.69) is 49.4 Å².